The maximum Gasteiger partial charge on any atom is 0.173 e. The number of anilines is 1. The van der Waals surface area contributed by atoms with Crippen LogP contribution in [-0.4, -0.2) is 43.0 Å². The number of hydrogen-bond acceptors (Lipinski definition) is 3. The molecule has 92 valence electrons. The summed E-state index contributed by atoms with van der Waals surface area (Å²) < 4.78 is 22.6. The molecule has 0 radical (unpaired) electrons. The molecule has 0 unspecified atom stereocenters. The third-order valence-electron chi connectivity index (χ3n) is 2.66. The SMILES string of the molecule is O=S1(=O)CCN(C(=S)Nc2ccccc2)CC1. The van der Waals surface area contributed by atoms with Gasteiger partial charge in [-0.05, 0) is 24.4 Å². The predicted molar refractivity (Wildman–Crippen MR) is 72.9 cm³/mol. The molecular weight excluding hydrogens is 256 g/mol. The highest BCUT2D eigenvalue weighted by Crippen LogP contribution is 2.09. The van der Waals surface area contributed by atoms with Crippen LogP contribution in [0.25, 0.3) is 0 Å². The fraction of sp³-hybridized carbons (Fsp3) is 0.364. The van der Waals surface area contributed by atoms with Crippen LogP contribution in [0.2, 0.25) is 0 Å². The van der Waals surface area contributed by atoms with E-state index in [2.05, 4.69) is 5.32 Å². The minimum atomic E-state index is -2.85. The van der Waals surface area contributed by atoms with E-state index in [4.69, 9.17) is 12.2 Å². The predicted octanol–water partition coefficient (Wildman–Crippen LogP) is 1.11. The van der Waals surface area contributed by atoms with Crippen LogP contribution in [0, 0.1) is 0 Å². The van der Waals surface area contributed by atoms with Gasteiger partial charge in [-0.2, -0.15) is 0 Å². The molecule has 0 aromatic heterocycles. The van der Waals surface area contributed by atoms with Crippen LogP contribution in [0.3, 0.4) is 0 Å². The van der Waals surface area contributed by atoms with Crippen LogP contribution in [-0.2, 0) is 9.84 Å². The lowest BCUT2D eigenvalue weighted by Gasteiger charge is -2.29. The van der Waals surface area contributed by atoms with E-state index in [1.54, 1.807) is 0 Å². The van der Waals surface area contributed by atoms with Gasteiger partial charge in [0.15, 0.2) is 14.9 Å². The average molecular weight is 270 g/mol. The van der Waals surface area contributed by atoms with Gasteiger partial charge in [-0.15, -0.1) is 0 Å². The maximum atomic E-state index is 11.3. The molecule has 1 aromatic rings. The van der Waals surface area contributed by atoms with Crippen LogP contribution in [0.4, 0.5) is 5.69 Å². The van der Waals surface area contributed by atoms with E-state index < -0.39 is 9.84 Å². The molecule has 0 amide bonds. The normalized spacial score (nSPS) is 18.7. The Bertz CT molecular complexity index is 485. The Hall–Kier alpha value is -1.14. The Morgan fingerprint density at radius 2 is 1.76 bits per heavy atom. The molecule has 0 saturated carbocycles. The van der Waals surface area contributed by atoms with Gasteiger partial charge in [0.2, 0.25) is 0 Å². The van der Waals surface area contributed by atoms with Crippen molar-refractivity contribution in [2.75, 3.05) is 29.9 Å². The molecule has 0 spiro atoms. The Kier molecular flexibility index (Phi) is 3.63. The van der Waals surface area contributed by atoms with Crippen molar-refractivity contribution in [3.8, 4) is 0 Å². The molecule has 0 bridgehead atoms. The van der Waals surface area contributed by atoms with E-state index in [1.165, 1.54) is 0 Å². The van der Waals surface area contributed by atoms with Crippen molar-refractivity contribution in [3.05, 3.63) is 30.3 Å². The van der Waals surface area contributed by atoms with Crippen molar-refractivity contribution in [1.82, 2.24) is 4.90 Å². The number of thiocarbonyl (C=S) groups is 1. The van der Waals surface area contributed by atoms with Crippen molar-refractivity contribution in [1.29, 1.82) is 0 Å². The summed E-state index contributed by atoms with van der Waals surface area (Å²) in [6, 6.07) is 9.62. The molecule has 1 heterocycles. The highest BCUT2D eigenvalue weighted by Gasteiger charge is 2.22. The molecule has 1 aromatic carbocycles. The number of rotatable bonds is 1. The lowest BCUT2D eigenvalue weighted by molar-refractivity contribution is 0.448. The monoisotopic (exact) mass is 270 g/mol. The molecule has 1 fully saturated rings. The standard InChI is InChI=1S/C11H14N2O2S2/c14-17(15)8-6-13(7-9-17)11(16)12-10-4-2-1-3-5-10/h1-5H,6-9H2,(H,12,16). The molecule has 6 heteroatoms. The smallest absolute Gasteiger partial charge is 0.173 e. The fourth-order valence-electron chi connectivity index (χ4n) is 1.64. The molecular formula is C11H14N2O2S2. The lowest BCUT2D eigenvalue weighted by atomic mass is 10.3. The van der Waals surface area contributed by atoms with Gasteiger partial charge in [-0.3, -0.25) is 0 Å². The Labute approximate surface area is 107 Å². The van der Waals surface area contributed by atoms with E-state index in [9.17, 15) is 8.42 Å². The fourth-order valence-corrected chi connectivity index (χ4v) is 3.14. The van der Waals surface area contributed by atoms with Gasteiger partial charge in [0, 0.05) is 18.8 Å². The zero-order valence-electron chi connectivity index (χ0n) is 9.30. The molecule has 2 rings (SSSR count). The highest BCUT2D eigenvalue weighted by molar-refractivity contribution is 7.91. The molecule has 1 aliphatic heterocycles. The molecule has 17 heavy (non-hydrogen) atoms. The topological polar surface area (TPSA) is 49.4 Å². The summed E-state index contributed by atoms with van der Waals surface area (Å²) >= 11 is 5.25. The third-order valence-corrected chi connectivity index (χ3v) is 4.63. The van der Waals surface area contributed by atoms with Crippen molar-refractivity contribution in [2.24, 2.45) is 0 Å². The second-order valence-corrected chi connectivity index (χ2v) is 6.63. The second kappa shape index (κ2) is 5.01. The van der Waals surface area contributed by atoms with Gasteiger partial charge in [0.05, 0.1) is 11.5 Å². The zero-order chi connectivity index (χ0) is 12.3. The van der Waals surface area contributed by atoms with E-state index in [1.807, 2.05) is 35.2 Å². The summed E-state index contributed by atoms with van der Waals surface area (Å²) in [6.07, 6.45) is 0. The first-order valence-corrected chi connectivity index (χ1v) is 7.61. The van der Waals surface area contributed by atoms with E-state index >= 15 is 0 Å². The summed E-state index contributed by atoms with van der Waals surface area (Å²) in [5.41, 5.74) is 0.922. The van der Waals surface area contributed by atoms with Crippen LogP contribution in [0.5, 0.6) is 0 Å². The second-order valence-electron chi connectivity index (χ2n) is 3.94. The van der Waals surface area contributed by atoms with Gasteiger partial charge >= 0.3 is 0 Å². The zero-order valence-corrected chi connectivity index (χ0v) is 10.9. The van der Waals surface area contributed by atoms with E-state index in [0.717, 1.165) is 5.69 Å². The Morgan fingerprint density at radius 3 is 2.35 bits per heavy atom. The van der Waals surface area contributed by atoms with Gasteiger partial charge in [-0.25, -0.2) is 8.42 Å². The Balaban J connectivity index is 1.94. The van der Waals surface area contributed by atoms with Gasteiger partial charge in [0.1, 0.15) is 0 Å². The molecule has 0 atom stereocenters. The summed E-state index contributed by atoms with van der Waals surface area (Å²) in [5.74, 6) is 0.368. The van der Waals surface area contributed by atoms with E-state index in [-0.39, 0.29) is 11.5 Å². The van der Waals surface area contributed by atoms with Crippen LogP contribution in [0.1, 0.15) is 0 Å². The molecule has 1 saturated heterocycles. The van der Waals surface area contributed by atoms with Crippen LogP contribution in [0.15, 0.2) is 30.3 Å². The minimum Gasteiger partial charge on any atom is -0.347 e. The molecule has 1 N–H and O–H groups in total. The molecule has 4 nitrogen and oxygen atoms in total. The first-order valence-electron chi connectivity index (χ1n) is 5.38. The molecule has 1 aliphatic rings. The van der Waals surface area contributed by atoms with E-state index in [0.29, 0.717) is 18.2 Å². The highest BCUT2D eigenvalue weighted by atomic mass is 32.2. The summed E-state index contributed by atoms with van der Waals surface area (Å²) in [5, 5.41) is 3.69. The third kappa shape index (κ3) is 3.41. The van der Waals surface area contributed by atoms with Crippen molar-refractivity contribution < 1.29 is 8.42 Å². The van der Waals surface area contributed by atoms with Gasteiger partial charge < -0.3 is 10.2 Å². The number of para-hydroxylation sites is 1. The first kappa shape index (κ1) is 12.3. The van der Waals surface area contributed by atoms with Gasteiger partial charge in [0.25, 0.3) is 0 Å². The first-order chi connectivity index (χ1) is 8.07. The quantitative estimate of drug-likeness (QED) is 0.775. The van der Waals surface area contributed by atoms with Crippen LogP contribution < -0.4 is 5.32 Å². The number of nitrogens with zero attached hydrogens (tertiary/aromatic N) is 1. The number of benzene rings is 1. The number of nitrogens with one attached hydrogen (secondary N) is 1. The summed E-state index contributed by atoms with van der Waals surface area (Å²) in [7, 11) is -2.85. The number of sulfone groups is 1. The Morgan fingerprint density at radius 1 is 1.18 bits per heavy atom. The minimum absolute atomic E-state index is 0.184. The number of hydrogen-bond donors (Lipinski definition) is 1. The van der Waals surface area contributed by atoms with Crippen molar-refractivity contribution in [2.45, 2.75) is 0 Å². The average Bonchev–Trinajstić information content (AvgIpc) is 2.30. The summed E-state index contributed by atoms with van der Waals surface area (Å²) in [6.45, 7) is 0.946. The van der Waals surface area contributed by atoms with Crippen molar-refractivity contribution >= 4 is 32.9 Å². The van der Waals surface area contributed by atoms with Crippen LogP contribution >= 0.6 is 12.2 Å². The lowest BCUT2D eigenvalue weighted by Crippen LogP contribution is -2.45. The largest absolute Gasteiger partial charge is 0.347 e. The van der Waals surface area contributed by atoms with Gasteiger partial charge in [-0.1, -0.05) is 18.2 Å². The maximum absolute atomic E-state index is 11.3. The summed E-state index contributed by atoms with van der Waals surface area (Å²) in [4.78, 5) is 1.89. The molecule has 0 aliphatic carbocycles. The van der Waals surface area contributed by atoms with Crippen molar-refractivity contribution in [3.63, 3.8) is 0 Å².